The van der Waals surface area contributed by atoms with Gasteiger partial charge in [-0.2, -0.15) is 14.6 Å². The molecule has 0 unspecified atom stereocenters. The zero-order valence-corrected chi connectivity index (χ0v) is 9.71. The van der Waals surface area contributed by atoms with E-state index in [1.807, 2.05) is 12.1 Å². The number of pyridine rings is 2. The first kappa shape index (κ1) is 11.3. The second-order valence-corrected chi connectivity index (χ2v) is 3.72. The van der Waals surface area contributed by atoms with Gasteiger partial charge >= 0.3 is 0 Å². The lowest BCUT2D eigenvalue weighted by Crippen LogP contribution is -1.72. The topological polar surface area (TPSA) is 83.1 Å². The van der Waals surface area contributed by atoms with Gasteiger partial charge in [-0.05, 0) is 24.3 Å². The summed E-state index contributed by atoms with van der Waals surface area (Å²) in [4.78, 5) is 7.84. The Labute approximate surface area is 106 Å². The smallest absolute Gasteiger partial charge is 0.218 e. The van der Waals surface area contributed by atoms with Crippen LogP contribution in [0.3, 0.4) is 0 Å². The van der Waals surface area contributed by atoms with E-state index in [0.29, 0.717) is 11.0 Å². The molecule has 4 aromatic rings. The first-order valence-corrected chi connectivity index (χ1v) is 5.53. The number of halogens is 1. The quantitative estimate of drug-likeness (QED) is 0.504. The zero-order valence-electron chi connectivity index (χ0n) is 9.71. The monoisotopic (exact) mass is 256 g/mol. The molecule has 0 aliphatic carbocycles. The maximum atomic E-state index is 12.6. The van der Waals surface area contributed by atoms with Gasteiger partial charge in [0.15, 0.2) is 11.3 Å². The highest BCUT2D eigenvalue weighted by atomic mass is 19.1. The molecular formula is C12H9FN6. The van der Waals surface area contributed by atoms with Gasteiger partial charge in [0.25, 0.3) is 0 Å². The van der Waals surface area contributed by atoms with Gasteiger partial charge in [0.05, 0.1) is 11.6 Å². The number of nitrogens with one attached hydrogen (secondary N) is 2. The van der Waals surface area contributed by atoms with Crippen molar-refractivity contribution in [2.75, 3.05) is 0 Å². The standard InChI is InChI=1S/C6H4FN3.C6H5N3/c7-5-4-2-1-3-8-6(4)10-9-5;1-2-5-4-8-9-6(5)7-3-1/h1-3H,(H,8,9,10);1-4H,(H,7,8,9). The highest BCUT2D eigenvalue weighted by molar-refractivity contribution is 5.73. The molecule has 6 nitrogen and oxygen atoms in total. The van der Waals surface area contributed by atoms with Crippen molar-refractivity contribution in [3.63, 3.8) is 0 Å². The summed E-state index contributed by atoms with van der Waals surface area (Å²) in [5.74, 6) is -0.428. The van der Waals surface area contributed by atoms with Gasteiger partial charge in [-0.3, -0.25) is 10.2 Å². The van der Waals surface area contributed by atoms with Crippen molar-refractivity contribution in [1.29, 1.82) is 0 Å². The van der Waals surface area contributed by atoms with Crippen molar-refractivity contribution in [2.45, 2.75) is 0 Å². The molecule has 4 aromatic heterocycles. The second-order valence-electron chi connectivity index (χ2n) is 3.72. The van der Waals surface area contributed by atoms with Crippen LogP contribution in [0.5, 0.6) is 0 Å². The molecule has 4 rings (SSSR count). The van der Waals surface area contributed by atoms with Gasteiger partial charge in [0.2, 0.25) is 5.95 Å². The third kappa shape index (κ3) is 2.25. The lowest BCUT2D eigenvalue weighted by molar-refractivity contribution is 0.588. The van der Waals surface area contributed by atoms with Crippen LogP contribution in [0, 0.1) is 5.95 Å². The van der Waals surface area contributed by atoms with E-state index in [9.17, 15) is 4.39 Å². The summed E-state index contributed by atoms with van der Waals surface area (Å²) in [6, 6.07) is 7.14. The highest BCUT2D eigenvalue weighted by Crippen LogP contribution is 2.09. The van der Waals surface area contributed by atoms with Crippen molar-refractivity contribution in [3.05, 3.63) is 48.8 Å². The Morgan fingerprint density at radius 2 is 1.84 bits per heavy atom. The Morgan fingerprint density at radius 3 is 2.68 bits per heavy atom. The van der Waals surface area contributed by atoms with E-state index in [1.54, 1.807) is 30.7 Å². The number of fused-ring (bicyclic) bond motifs is 2. The average Bonchev–Trinajstić information content (AvgIpc) is 3.07. The van der Waals surface area contributed by atoms with Crippen molar-refractivity contribution < 1.29 is 4.39 Å². The van der Waals surface area contributed by atoms with E-state index in [1.165, 1.54) is 0 Å². The molecule has 19 heavy (non-hydrogen) atoms. The summed E-state index contributed by atoms with van der Waals surface area (Å²) < 4.78 is 12.6. The predicted octanol–water partition coefficient (Wildman–Crippen LogP) is 2.05. The third-order valence-corrected chi connectivity index (χ3v) is 2.50. The number of nitrogens with zero attached hydrogens (tertiary/aromatic N) is 4. The lowest BCUT2D eigenvalue weighted by Gasteiger charge is -1.81. The largest absolute Gasteiger partial charge is 0.261 e. The molecule has 0 aliphatic heterocycles. The van der Waals surface area contributed by atoms with Crippen LogP contribution in [0.1, 0.15) is 0 Å². The van der Waals surface area contributed by atoms with Gasteiger partial charge in [0.1, 0.15) is 0 Å². The molecule has 0 fully saturated rings. The van der Waals surface area contributed by atoms with Gasteiger partial charge in [-0.15, -0.1) is 0 Å². The first-order chi connectivity index (χ1) is 9.34. The van der Waals surface area contributed by atoms with Crippen LogP contribution >= 0.6 is 0 Å². The Balaban J connectivity index is 0.000000117. The molecule has 2 N–H and O–H groups in total. The van der Waals surface area contributed by atoms with E-state index in [2.05, 4.69) is 30.4 Å². The molecule has 0 radical (unpaired) electrons. The second kappa shape index (κ2) is 4.81. The molecule has 0 bridgehead atoms. The molecule has 0 saturated heterocycles. The van der Waals surface area contributed by atoms with Crippen LogP contribution in [-0.2, 0) is 0 Å². The van der Waals surface area contributed by atoms with E-state index >= 15 is 0 Å². The third-order valence-electron chi connectivity index (χ3n) is 2.50. The molecule has 0 atom stereocenters. The van der Waals surface area contributed by atoms with Gasteiger partial charge in [-0.25, -0.2) is 9.97 Å². The summed E-state index contributed by atoms with van der Waals surface area (Å²) in [7, 11) is 0. The maximum Gasteiger partial charge on any atom is 0.218 e. The Hall–Kier alpha value is -2.83. The predicted molar refractivity (Wildman–Crippen MR) is 67.7 cm³/mol. The highest BCUT2D eigenvalue weighted by Gasteiger charge is 2.01. The summed E-state index contributed by atoms with van der Waals surface area (Å²) >= 11 is 0. The molecule has 0 spiro atoms. The van der Waals surface area contributed by atoms with Crippen molar-refractivity contribution in [2.24, 2.45) is 0 Å². The minimum atomic E-state index is -0.428. The fraction of sp³-hybridized carbons (Fsp3) is 0. The number of H-pyrrole nitrogens is 2. The molecule has 0 aromatic carbocycles. The summed E-state index contributed by atoms with van der Waals surface area (Å²) in [5.41, 5.74) is 1.26. The Morgan fingerprint density at radius 1 is 1.00 bits per heavy atom. The summed E-state index contributed by atoms with van der Waals surface area (Å²) in [6.07, 6.45) is 5.06. The number of hydrogen-bond acceptors (Lipinski definition) is 4. The summed E-state index contributed by atoms with van der Waals surface area (Å²) in [6.45, 7) is 0. The van der Waals surface area contributed by atoms with Crippen LogP contribution in [0.4, 0.5) is 4.39 Å². The van der Waals surface area contributed by atoms with Gasteiger partial charge in [-0.1, -0.05) is 0 Å². The lowest BCUT2D eigenvalue weighted by atomic mass is 10.4. The molecule has 0 amide bonds. The van der Waals surface area contributed by atoms with E-state index in [4.69, 9.17) is 0 Å². The van der Waals surface area contributed by atoms with Crippen LogP contribution in [0.2, 0.25) is 0 Å². The van der Waals surface area contributed by atoms with Crippen molar-refractivity contribution in [1.82, 2.24) is 30.4 Å². The molecular weight excluding hydrogens is 247 g/mol. The number of aromatic nitrogens is 6. The first-order valence-electron chi connectivity index (χ1n) is 5.53. The average molecular weight is 256 g/mol. The van der Waals surface area contributed by atoms with Gasteiger partial charge < -0.3 is 0 Å². The Bertz CT molecular complexity index is 776. The number of aromatic amines is 2. The van der Waals surface area contributed by atoms with E-state index < -0.39 is 5.95 Å². The normalized spacial score (nSPS) is 10.4. The molecule has 4 heterocycles. The SMILES string of the molecule is Fc1[nH]nc2ncccc12.c1cnc2[nH]ncc2c1. The van der Waals surface area contributed by atoms with Crippen LogP contribution < -0.4 is 0 Å². The zero-order chi connectivity index (χ0) is 13.1. The fourth-order valence-electron chi connectivity index (χ4n) is 1.60. The van der Waals surface area contributed by atoms with E-state index in [-0.39, 0.29) is 0 Å². The van der Waals surface area contributed by atoms with Crippen LogP contribution in [0.15, 0.2) is 42.9 Å². The minimum absolute atomic E-state index is 0.417. The van der Waals surface area contributed by atoms with Crippen LogP contribution in [0.25, 0.3) is 22.1 Å². The van der Waals surface area contributed by atoms with Crippen molar-refractivity contribution in [3.8, 4) is 0 Å². The number of hydrogen-bond donors (Lipinski definition) is 2. The Kier molecular flexibility index (Phi) is 2.85. The minimum Gasteiger partial charge on any atom is -0.261 e. The molecule has 7 heteroatoms. The number of rotatable bonds is 0. The molecule has 94 valence electrons. The maximum absolute atomic E-state index is 12.6. The molecule has 0 saturated carbocycles. The van der Waals surface area contributed by atoms with E-state index in [0.717, 1.165) is 11.0 Å². The molecule has 0 aliphatic rings. The van der Waals surface area contributed by atoms with Crippen LogP contribution in [-0.4, -0.2) is 30.4 Å². The fourth-order valence-corrected chi connectivity index (χ4v) is 1.60. The summed E-state index contributed by atoms with van der Waals surface area (Å²) in [5, 5.41) is 13.9. The van der Waals surface area contributed by atoms with Gasteiger partial charge in [0, 0.05) is 17.8 Å². The van der Waals surface area contributed by atoms with Crippen molar-refractivity contribution >= 4 is 22.1 Å².